The van der Waals surface area contributed by atoms with E-state index in [2.05, 4.69) is 421 Å². The van der Waals surface area contributed by atoms with E-state index < -0.39 is 0 Å². The Morgan fingerprint density at radius 3 is 0.929 bits per heavy atom. The molecule has 17 aromatic rings. The lowest BCUT2D eigenvalue weighted by Gasteiger charge is -2.26. The Morgan fingerprint density at radius 1 is 0.204 bits per heavy atom. The molecule has 0 saturated heterocycles. The van der Waals surface area contributed by atoms with Crippen LogP contribution in [0.1, 0.15) is 13.0 Å². The van der Waals surface area contributed by atoms with Gasteiger partial charge < -0.3 is 14.7 Å². The molecule has 0 spiro atoms. The average molecular weight is 1460 g/mol. The van der Waals surface area contributed by atoms with Gasteiger partial charge in [0.2, 0.25) is 0 Å². The highest BCUT2D eigenvalue weighted by Crippen LogP contribution is 2.43. The molecule has 0 aromatic heterocycles. The molecular formula is C92H70Br3N3. The molecule has 98 heavy (non-hydrogen) atoms. The first-order chi connectivity index (χ1) is 47.8. The SMILES string of the molecule is Brc1cc2c3ccccc3c(Br)cc2c2ccccc12.Brc1cccc(N(c2ccccc2)c2ccccc2)c1.C.Cc1cccc(N(c2ccccc2)c2ccccc2)c1.c1ccc(N(c2ccccc2)c2cccc(-c3cc4c5ccccc5ccc4c4ccccc34)c2)cc1. The first kappa shape index (κ1) is 65.8. The number of nitrogens with zero attached hydrogens (tertiary/aromatic N) is 3. The van der Waals surface area contributed by atoms with Crippen LogP contribution in [0.15, 0.2) is 396 Å². The van der Waals surface area contributed by atoms with Crippen molar-refractivity contribution in [1.82, 2.24) is 0 Å². The summed E-state index contributed by atoms with van der Waals surface area (Å²) in [7, 11) is 0. The minimum atomic E-state index is 0. The monoisotopic (exact) mass is 1450 g/mol. The van der Waals surface area contributed by atoms with Crippen molar-refractivity contribution in [2.75, 3.05) is 14.7 Å². The van der Waals surface area contributed by atoms with Crippen molar-refractivity contribution in [1.29, 1.82) is 0 Å². The number of hydrogen-bond acceptors (Lipinski definition) is 3. The van der Waals surface area contributed by atoms with Gasteiger partial charge in [-0.3, -0.25) is 0 Å². The number of hydrogen-bond donors (Lipinski definition) is 0. The fourth-order valence-corrected chi connectivity index (χ4v) is 14.5. The number of rotatable bonds is 10. The van der Waals surface area contributed by atoms with Gasteiger partial charge in [0, 0.05) is 64.6 Å². The van der Waals surface area contributed by atoms with Crippen LogP contribution in [0, 0.1) is 6.92 Å². The standard InChI is InChI=1S/C36H25N.C19H17N.C18H10Br2.C18H14BrN.CH4/c1-3-14-28(15-4-1)37(29-16-5-2-6-17-29)30-18-11-13-27(24-30)35-25-36-31-19-8-7-12-26(31)22-23-34(36)32-20-9-10-21-33(32)35;1-16-9-8-14-19(15-16)20(17-10-4-2-5-11-17)18-12-6-3-7-13-18;19-17-10-16-12-6-2-4-8-14(12)18(20)9-15(16)11-5-1-3-7-13(11)17;19-15-8-7-13-18(14-15)20(16-9-3-1-4-10-16)17-11-5-2-6-12-17;/h1-25H;2-15H,1H3;1-10H;1-14H;1H4. The van der Waals surface area contributed by atoms with Crippen LogP contribution in [-0.2, 0) is 0 Å². The zero-order valence-corrected chi connectivity index (χ0v) is 58.1. The van der Waals surface area contributed by atoms with Crippen molar-refractivity contribution in [2.45, 2.75) is 14.4 Å². The Balaban J connectivity index is 0.000000123. The highest BCUT2D eigenvalue weighted by atomic mass is 79.9. The molecule has 0 atom stereocenters. The predicted octanol–water partition coefficient (Wildman–Crippen LogP) is 29.0. The summed E-state index contributed by atoms with van der Waals surface area (Å²) in [5.41, 5.74) is 14.1. The molecule has 0 aliphatic rings. The van der Waals surface area contributed by atoms with Crippen LogP contribution < -0.4 is 14.7 Å². The molecule has 474 valence electrons. The van der Waals surface area contributed by atoms with Gasteiger partial charge in [-0.25, -0.2) is 0 Å². The third kappa shape index (κ3) is 14.5. The molecule has 17 aromatic carbocycles. The smallest absolute Gasteiger partial charge is 0.0472 e. The highest BCUT2D eigenvalue weighted by Gasteiger charge is 2.18. The highest BCUT2D eigenvalue weighted by molar-refractivity contribution is 9.11. The van der Waals surface area contributed by atoms with Gasteiger partial charge >= 0.3 is 0 Å². The van der Waals surface area contributed by atoms with Crippen molar-refractivity contribution in [3.8, 4) is 11.1 Å². The summed E-state index contributed by atoms with van der Waals surface area (Å²) < 4.78 is 3.37. The molecule has 6 heteroatoms. The maximum absolute atomic E-state index is 3.71. The minimum Gasteiger partial charge on any atom is -0.310 e. The number of fused-ring (bicyclic) bond motifs is 10. The molecule has 0 aliphatic heterocycles. The Hall–Kier alpha value is -10.9. The lowest BCUT2D eigenvalue weighted by atomic mass is 9.91. The average Bonchev–Trinajstić information content (AvgIpc) is 0.751. The number of para-hydroxylation sites is 6. The summed E-state index contributed by atoms with van der Waals surface area (Å²) >= 11 is 11.0. The molecule has 0 amide bonds. The fraction of sp³-hybridized carbons (Fsp3) is 0.0217. The van der Waals surface area contributed by atoms with Crippen molar-refractivity contribution < 1.29 is 0 Å². The Bertz CT molecular complexity index is 5200. The van der Waals surface area contributed by atoms with E-state index in [0.29, 0.717) is 0 Å². The molecule has 0 heterocycles. The Morgan fingerprint density at radius 2 is 0.510 bits per heavy atom. The van der Waals surface area contributed by atoms with Crippen molar-refractivity contribution in [3.05, 3.63) is 401 Å². The lowest BCUT2D eigenvalue weighted by molar-refractivity contribution is 1.27. The van der Waals surface area contributed by atoms with Crippen LogP contribution in [0.3, 0.4) is 0 Å². The zero-order chi connectivity index (χ0) is 65.9. The second-order valence-corrected chi connectivity index (χ2v) is 26.3. The summed E-state index contributed by atoms with van der Waals surface area (Å²) in [5, 5.41) is 15.3. The van der Waals surface area contributed by atoms with E-state index in [1.807, 2.05) is 30.3 Å². The van der Waals surface area contributed by atoms with E-state index in [0.717, 1.165) is 47.5 Å². The second-order valence-electron chi connectivity index (χ2n) is 23.6. The van der Waals surface area contributed by atoms with Gasteiger partial charge in [0.05, 0.1) is 0 Å². The first-order valence-corrected chi connectivity index (χ1v) is 34.8. The van der Waals surface area contributed by atoms with Crippen LogP contribution in [0.2, 0.25) is 0 Å². The summed E-state index contributed by atoms with van der Waals surface area (Å²) in [5.74, 6) is 0. The minimum absolute atomic E-state index is 0. The maximum atomic E-state index is 3.71. The number of anilines is 9. The van der Waals surface area contributed by atoms with E-state index >= 15 is 0 Å². The van der Waals surface area contributed by atoms with Gasteiger partial charge in [-0.15, -0.1) is 0 Å². The molecule has 0 fully saturated rings. The van der Waals surface area contributed by atoms with Crippen LogP contribution in [-0.4, -0.2) is 0 Å². The van der Waals surface area contributed by atoms with Crippen LogP contribution >= 0.6 is 47.8 Å². The third-order valence-electron chi connectivity index (χ3n) is 17.4. The third-order valence-corrected chi connectivity index (χ3v) is 19.2. The Labute approximate surface area is 600 Å². The molecule has 0 N–H and O–H groups in total. The molecular weight excluding hydrogens is 1390 g/mol. The van der Waals surface area contributed by atoms with Crippen molar-refractivity contribution in [2.24, 2.45) is 0 Å². The number of aryl methyl sites for hydroxylation is 1. The van der Waals surface area contributed by atoms with Crippen LogP contribution in [0.5, 0.6) is 0 Å². The van der Waals surface area contributed by atoms with Gasteiger partial charge in [-0.05, 0) is 222 Å². The first-order valence-electron chi connectivity index (χ1n) is 32.5. The summed E-state index contributed by atoms with van der Waals surface area (Å²) in [4.78, 5) is 6.83. The molecule has 0 radical (unpaired) electrons. The molecule has 0 aliphatic carbocycles. The van der Waals surface area contributed by atoms with E-state index in [-0.39, 0.29) is 7.43 Å². The number of halogens is 3. The van der Waals surface area contributed by atoms with Gasteiger partial charge in [0.15, 0.2) is 0 Å². The van der Waals surface area contributed by atoms with E-state index in [9.17, 15) is 0 Å². The lowest BCUT2D eigenvalue weighted by Crippen LogP contribution is -2.09. The topological polar surface area (TPSA) is 9.72 Å². The molecule has 0 unspecified atom stereocenters. The summed E-state index contributed by atoms with van der Waals surface area (Å²) in [6.07, 6.45) is 0. The second kappa shape index (κ2) is 30.9. The normalized spacial score (nSPS) is 10.8. The summed E-state index contributed by atoms with van der Waals surface area (Å²) in [6.45, 7) is 2.12. The molecule has 0 saturated carbocycles. The van der Waals surface area contributed by atoms with Crippen LogP contribution in [0.25, 0.3) is 75.8 Å². The van der Waals surface area contributed by atoms with Crippen LogP contribution in [0.4, 0.5) is 51.2 Å². The van der Waals surface area contributed by atoms with Gasteiger partial charge in [0.25, 0.3) is 0 Å². The number of benzene rings is 17. The predicted molar refractivity (Wildman–Crippen MR) is 435 cm³/mol. The molecule has 3 nitrogen and oxygen atoms in total. The van der Waals surface area contributed by atoms with Crippen molar-refractivity contribution in [3.63, 3.8) is 0 Å². The van der Waals surface area contributed by atoms with Gasteiger partial charge in [-0.2, -0.15) is 0 Å². The zero-order valence-electron chi connectivity index (χ0n) is 53.3. The quantitative estimate of drug-likeness (QED) is 0.126. The van der Waals surface area contributed by atoms with E-state index in [1.165, 1.54) is 98.4 Å². The molecule has 17 rings (SSSR count). The van der Waals surface area contributed by atoms with E-state index in [4.69, 9.17) is 0 Å². The van der Waals surface area contributed by atoms with E-state index in [1.54, 1.807) is 0 Å². The van der Waals surface area contributed by atoms with Gasteiger partial charge in [-0.1, -0.05) is 304 Å². The summed E-state index contributed by atoms with van der Waals surface area (Å²) in [6, 6.07) is 135. The Kier molecular flexibility index (Phi) is 20.7. The molecule has 0 bridgehead atoms. The largest absolute Gasteiger partial charge is 0.310 e. The van der Waals surface area contributed by atoms with Gasteiger partial charge in [0.1, 0.15) is 0 Å². The fourth-order valence-electron chi connectivity index (χ4n) is 13.0. The maximum Gasteiger partial charge on any atom is 0.0472 e. The van der Waals surface area contributed by atoms with Crippen molar-refractivity contribution >= 4 is 164 Å².